The number of rotatable bonds is 3. The number of ether oxygens (including phenoxy) is 1. The van der Waals surface area contributed by atoms with Crippen molar-refractivity contribution < 1.29 is 4.74 Å². The number of benzene rings is 2. The van der Waals surface area contributed by atoms with Gasteiger partial charge in [0, 0.05) is 4.47 Å². The molecule has 1 aliphatic carbocycles. The molecule has 0 bridgehead atoms. The summed E-state index contributed by atoms with van der Waals surface area (Å²) in [5.41, 5.74) is 3.88. The first kappa shape index (κ1) is 14.0. The highest BCUT2D eigenvalue weighted by atomic mass is 79.9. The van der Waals surface area contributed by atoms with Crippen molar-refractivity contribution in [1.82, 2.24) is 0 Å². The molecule has 0 heterocycles. The first-order valence-electron chi connectivity index (χ1n) is 6.73. The van der Waals surface area contributed by atoms with Crippen LogP contribution in [0.5, 0.6) is 5.75 Å². The van der Waals surface area contributed by atoms with Gasteiger partial charge >= 0.3 is 0 Å². The Bertz CT molecular complexity index is 626. The number of fused-ring (bicyclic) bond motifs is 1. The second kappa shape index (κ2) is 5.79. The minimum atomic E-state index is 0.0925. The summed E-state index contributed by atoms with van der Waals surface area (Å²) in [6.07, 6.45) is 1.98. The van der Waals surface area contributed by atoms with E-state index in [2.05, 4.69) is 46.3 Å². The second-order valence-electron chi connectivity index (χ2n) is 5.23. The van der Waals surface area contributed by atoms with Crippen LogP contribution in [0.1, 0.15) is 22.1 Å². The zero-order valence-electron chi connectivity index (χ0n) is 11.3. The van der Waals surface area contributed by atoms with Crippen LogP contribution in [0, 0.1) is 5.92 Å². The summed E-state index contributed by atoms with van der Waals surface area (Å²) in [6.45, 7) is 0. The Morgan fingerprint density at radius 3 is 2.80 bits per heavy atom. The molecular weight excluding hydrogens is 336 g/mol. The van der Waals surface area contributed by atoms with Crippen molar-refractivity contribution in [2.75, 3.05) is 7.11 Å². The molecule has 0 spiro atoms. The van der Waals surface area contributed by atoms with Crippen molar-refractivity contribution in [1.29, 1.82) is 0 Å². The van der Waals surface area contributed by atoms with Crippen LogP contribution >= 0.6 is 27.5 Å². The largest absolute Gasteiger partial charge is 0.496 e. The minimum absolute atomic E-state index is 0.0925. The lowest BCUT2D eigenvalue weighted by atomic mass is 9.96. The molecular formula is C17H16BrClO. The van der Waals surface area contributed by atoms with Gasteiger partial charge in [-0.1, -0.05) is 40.2 Å². The van der Waals surface area contributed by atoms with Gasteiger partial charge in [0.05, 0.1) is 12.5 Å². The van der Waals surface area contributed by atoms with E-state index in [1.165, 1.54) is 16.7 Å². The van der Waals surface area contributed by atoms with Crippen molar-refractivity contribution in [3.8, 4) is 5.75 Å². The standard InChI is InChI=1S/C17H16BrClO/c1-20-16-7-6-14(18)10-12(16)9-13-8-11-4-2-3-5-15(11)17(13)19/h2-7,10,13,17H,8-9H2,1H3. The van der Waals surface area contributed by atoms with Gasteiger partial charge in [-0.05, 0) is 53.6 Å². The van der Waals surface area contributed by atoms with E-state index >= 15 is 0 Å². The van der Waals surface area contributed by atoms with Crippen LogP contribution in [0.2, 0.25) is 0 Å². The Kier molecular flexibility index (Phi) is 4.04. The molecule has 1 nitrogen and oxygen atoms in total. The van der Waals surface area contributed by atoms with E-state index in [0.29, 0.717) is 5.92 Å². The van der Waals surface area contributed by atoms with Crippen molar-refractivity contribution in [2.24, 2.45) is 5.92 Å². The lowest BCUT2D eigenvalue weighted by molar-refractivity contribution is 0.404. The third-order valence-corrected chi connectivity index (χ3v) is 5.06. The molecule has 0 saturated carbocycles. The third-order valence-electron chi connectivity index (χ3n) is 3.97. The van der Waals surface area contributed by atoms with Gasteiger partial charge in [-0.25, -0.2) is 0 Å². The van der Waals surface area contributed by atoms with E-state index in [1.807, 2.05) is 12.1 Å². The van der Waals surface area contributed by atoms with Gasteiger partial charge in [0.1, 0.15) is 5.75 Å². The number of hydrogen-bond donors (Lipinski definition) is 0. The van der Waals surface area contributed by atoms with E-state index in [0.717, 1.165) is 23.1 Å². The maximum atomic E-state index is 6.64. The van der Waals surface area contributed by atoms with E-state index in [4.69, 9.17) is 16.3 Å². The number of hydrogen-bond acceptors (Lipinski definition) is 1. The maximum absolute atomic E-state index is 6.64. The van der Waals surface area contributed by atoms with E-state index < -0.39 is 0 Å². The highest BCUT2D eigenvalue weighted by Gasteiger charge is 2.31. The monoisotopic (exact) mass is 350 g/mol. The average molecular weight is 352 g/mol. The molecule has 0 fully saturated rings. The van der Waals surface area contributed by atoms with Crippen LogP contribution in [0.4, 0.5) is 0 Å². The zero-order chi connectivity index (χ0) is 14.1. The molecule has 1 aliphatic rings. The molecule has 104 valence electrons. The van der Waals surface area contributed by atoms with Crippen LogP contribution in [0.25, 0.3) is 0 Å². The summed E-state index contributed by atoms with van der Waals surface area (Å²) in [4.78, 5) is 0. The Morgan fingerprint density at radius 2 is 2.05 bits per heavy atom. The van der Waals surface area contributed by atoms with Crippen LogP contribution in [-0.2, 0) is 12.8 Å². The first-order valence-corrected chi connectivity index (χ1v) is 7.96. The smallest absolute Gasteiger partial charge is 0.122 e. The van der Waals surface area contributed by atoms with Gasteiger partial charge in [-0.2, -0.15) is 0 Å². The van der Waals surface area contributed by atoms with Gasteiger partial charge in [-0.3, -0.25) is 0 Å². The summed E-state index contributed by atoms with van der Waals surface area (Å²) < 4.78 is 6.54. The second-order valence-corrected chi connectivity index (χ2v) is 6.61. The van der Waals surface area contributed by atoms with E-state index in [9.17, 15) is 0 Å². The highest BCUT2D eigenvalue weighted by Crippen LogP contribution is 2.43. The summed E-state index contributed by atoms with van der Waals surface area (Å²) in [5, 5.41) is 0.0925. The fourth-order valence-corrected chi connectivity index (χ4v) is 3.79. The van der Waals surface area contributed by atoms with Crippen LogP contribution in [-0.4, -0.2) is 7.11 Å². The maximum Gasteiger partial charge on any atom is 0.122 e. The molecule has 0 amide bonds. The van der Waals surface area contributed by atoms with E-state index in [1.54, 1.807) is 7.11 Å². The van der Waals surface area contributed by atoms with Gasteiger partial charge in [0.2, 0.25) is 0 Å². The van der Waals surface area contributed by atoms with Crippen molar-refractivity contribution in [2.45, 2.75) is 18.2 Å². The topological polar surface area (TPSA) is 9.23 Å². The van der Waals surface area contributed by atoms with Crippen LogP contribution in [0.15, 0.2) is 46.9 Å². The number of methoxy groups -OCH3 is 1. The van der Waals surface area contributed by atoms with Gasteiger partial charge in [0.15, 0.2) is 0 Å². The molecule has 2 atom stereocenters. The van der Waals surface area contributed by atoms with E-state index in [-0.39, 0.29) is 5.38 Å². The number of alkyl halides is 1. The SMILES string of the molecule is COc1ccc(Br)cc1CC1Cc2ccccc2C1Cl. The summed E-state index contributed by atoms with van der Waals surface area (Å²) >= 11 is 10.2. The predicted octanol–water partition coefficient (Wildman–Crippen LogP) is 5.15. The summed E-state index contributed by atoms with van der Waals surface area (Å²) in [6, 6.07) is 14.6. The summed E-state index contributed by atoms with van der Waals surface area (Å²) in [7, 11) is 1.72. The molecule has 2 unspecified atom stereocenters. The average Bonchev–Trinajstić information content (AvgIpc) is 2.76. The molecule has 3 heteroatoms. The summed E-state index contributed by atoms with van der Waals surface area (Å²) in [5.74, 6) is 1.37. The van der Waals surface area contributed by atoms with Crippen LogP contribution < -0.4 is 4.74 Å². The Hall–Kier alpha value is -0.990. The fourth-order valence-electron chi connectivity index (χ4n) is 2.99. The molecule has 2 aromatic rings. The Morgan fingerprint density at radius 1 is 1.25 bits per heavy atom. The molecule has 0 radical (unpaired) electrons. The van der Waals surface area contributed by atoms with Gasteiger partial charge in [-0.15, -0.1) is 11.6 Å². The van der Waals surface area contributed by atoms with Crippen molar-refractivity contribution >= 4 is 27.5 Å². The molecule has 20 heavy (non-hydrogen) atoms. The molecule has 0 saturated heterocycles. The van der Waals surface area contributed by atoms with Gasteiger partial charge < -0.3 is 4.74 Å². The quantitative estimate of drug-likeness (QED) is 0.695. The first-order chi connectivity index (χ1) is 9.69. The molecule has 0 N–H and O–H groups in total. The van der Waals surface area contributed by atoms with Crippen LogP contribution in [0.3, 0.4) is 0 Å². The normalized spacial score (nSPS) is 20.8. The molecule has 0 aromatic heterocycles. The fraction of sp³-hybridized carbons (Fsp3) is 0.294. The van der Waals surface area contributed by atoms with Crippen molar-refractivity contribution in [3.05, 3.63) is 63.6 Å². The lowest BCUT2D eigenvalue weighted by Gasteiger charge is -2.16. The molecule has 2 aromatic carbocycles. The zero-order valence-corrected chi connectivity index (χ0v) is 13.6. The number of halogens is 2. The lowest BCUT2D eigenvalue weighted by Crippen LogP contribution is -2.08. The molecule has 3 rings (SSSR count). The molecule has 0 aliphatic heterocycles. The Labute approximate surface area is 133 Å². The van der Waals surface area contributed by atoms with Gasteiger partial charge in [0.25, 0.3) is 0 Å². The predicted molar refractivity (Wildman–Crippen MR) is 86.6 cm³/mol. The third kappa shape index (κ3) is 2.59. The highest BCUT2D eigenvalue weighted by molar-refractivity contribution is 9.10. The van der Waals surface area contributed by atoms with Crippen molar-refractivity contribution in [3.63, 3.8) is 0 Å². The Balaban J connectivity index is 1.85. The minimum Gasteiger partial charge on any atom is -0.496 e.